The predicted octanol–water partition coefficient (Wildman–Crippen LogP) is 4.37. The molecule has 0 saturated carbocycles. The first-order valence-corrected chi connectivity index (χ1v) is 7.78. The highest BCUT2D eigenvalue weighted by Crippen LogP contribution is 2.44. The molecule has 0 spiro atoms. The van der Waals surface area contributed by atoms with Crippen molar-refractivity contribution >= 4 is 0 Å². The molecule has 0 bridgehead atoms. The van der Waals surface area contributed by atoms with Crippen molar-refractivity contribution in [3.63, 3.8) is 0 Å². The molecular formula is C17H35NO. The van der Waals surface area contributed by atoms with Gasteiger partial charge in [-0.25, -0.2) is 0 Å². The average Bonchev–Trinajstić information content (AvgIpc) is 2.30. The van der Waals surface area contributed by atoms with Crippen molar-refractivity contribution in [3.8, 4) is 0 Å². The van der Waals surface area contributed by atoms with Gasteiger partial charge in [0.25, 0.3) is 0 Å². The SMILES string of the molecule is CC(CC(N)C1CC(C)(C)OC1(C)C)CC(C)(C)C. The van der Waals surface area contributed by atoms with Gasteiger partial charge in [-0.3, -0.25) is 0 Å². The van der Waals surface area contributed by atoms with Crippen LogP contribution in [0.1, 0.15) is 74.7 Å². The first-order valence-electron chi connectivity index (χ1n) is 7.78. The van der Waals surface area contributed by atoms with Crippen LogP contribution in [0.15, 0.2) is 0 Å². The number of hydrogen-bond donors (Lipinski definition) is 1. The highest BCUT2D eigenvalue weighted by molar-refractivity contribution is 4.98. The minimum Gasteiger partial charge on any atom is -0.369 e. The second-order valence-electron chi connectivity index (χ2n) is 9.05. The number of hydrogen-bond acceptors (Lipinski definition) is 2. The molecule has 2 N–H and O–H groups in total. The van der Waals surface area contributed by atoms with Crippen molar-refractivity contribution in [3.05, 3.63) is 0 Å². The van der Waals surface area contributed by atoms with E-state index >= 15 is 0 Å². The summed E-state index contributed by atoms with van der Waals surface area (Å²) in [6.07, 6.45) is 3.41. The van der Waals surface area contributed by atoms with Crippen LogP contribution in [-0.2, 0) is 4.74 Å². The Bertz CT molecular complexity index is 301. The van der Waals surface area contributed by atoms with E-state index in [1.807, 2.05) is 0 Å². The molecule has 2 nitrogen and oxygen atoms in total. The van der Waals surface area contributed by atoms with E-state index < -0.39 is 0 Å². The number of rotatable bonds is 4. The third kappa shape index (κ3) is 5.07. The largest absolute Gasteiger partial charge is 0.369 e. The fraction of sp³-hybridized carbons (Fsp3) is 1.00. The molecule has 3 unspecified atom stereocenters. The lowest BCUT2D eigenvalue weighted by Crippen LogP contribution is -2.42. The van der Waals surface area contributed by atoms with Crippen molar-refractivity contribution in [2.45, 2.75) is 91.9 Å². The van der Waals surface area contributed by atoms with Gasteiger partial charge in [0.2, 0.25) is 0 Å². The predicted molar refractivity (Wildman–Crippen MR) is 83.2 cm³/mol. The monoisotopic (exact) mass is 269 g/mol. The van der Waals surface area contributed by atoms with E-state index in [1.165, 1.54) is 6.42 Å². The number of ether oxygens (including phenoxy) is 1. The topological polar surface area (TPSA) is 35.2 Å². The maximum atomic E-state index is 6.52. The van der Waals surface area contributed by atoms with Gasteiger partial charge in [0.05, 0.1) is 11.2 Å². The van der Waals surface area contributed by atoms with Crippen LogP contribution in [0.4, 0.5) is 0 Å². The van der Waals surface area contributed by atoms with Crippen LogP contribution in [0.2, 0.25) is 0 Å². The molecule has 3 atom stereocenters. The lowest BCUT2D eigenvalue weighted by Gasteiger charge is -2.33. The molecule has 1 heterocycles. The van der Waals surface area contributed by atoms with Crippen molar-refractivity contribution in [2.75, 3.05) is 0 Å². The molecule has 2 heteroatoms. The molecule has 1 saturated heterocycles. The van der Waals surface area contributed by atoms with Gasteiger partial charge in [0.15, 0.2) is 0 Å². The fourth-order valence-electron chi connectivity index (χ4n) is 4.03. The molecule has 0 amide bonds. The lowest BCUT2D eigenvalue weighted by atomic mass is 9.76. The third-order valence-electron chi connectivity index (χ3n) is 4.30. The van der Waals surface area contributed by atoms with Crippen LogP contribution < -0.4 is 5.73 Å². The summed E-state index contributed by atoms with van der Waals surface area (Å²) in [5, 5.41) is 0. The number of nitrogens with two attached hydrogens (primary N) is 1. The van der Waals surface area contributed by atoms with Gasteiger partial charge in [-0.2, -0.15) is 0 Å². The smallest absolute Gasteiger partial charge is 0.0677 e. The van der Waals surface area contributed by atoms with Gasteiger partial charge in [-0.1, -0.05) is 27.7 Å². The summed E-state index contributed by atoms with van der Waals surface area (Å²) in [4.78, 5) is 0. The molecule has 0 aliphatic carbocycles. The first kappa shape index (κ1) is 17.0. The van der Waals surface area contributed by atoms with Gasteiger partial charge in [0, 0.05) is 12.0 Å². The van der Waals surface area contributed by atoms with E-state index in [1.54, 1.807) is 0 Å². The van der Waals surface area contributed by atoms with Crippen molar-refractivity contribution < 1.29 is 4.74 Å². The van der Waals surface area contributed by atoms with Gasteiger partial charge in [0.1, 0.15) is 0 Å². The summed E-state index contributed by atoms with van der Waals surface area (Å²) in [6.45, 7) is 18.0. The fourth-order valence-corrected chi connectivity index (χ4v) is 4.03. The van der Waals surface area contributed by atoms with Crippen LogP contribution in [0.25, 0.3) is 0 Å². The summed E-state index contributed by atoms with van der Waals surface area (Å²) in [5.74, 6) is 1.14. The Morgan fingerprint density at radius 2 is 1.74 bits per heavy atom. The second kappa shape index (κ2) is 5.37. The average molecular weight is 269 g/mol. The lowest BCUT2D eigenvalue weighted by molar-refractivity contribution is -0.0771. The summed E-state index contributed by atoms with van der Waals surface area (Å²) < 4.78 is 6.17. The van der Waals surface area contributed by atoms with Crippen molar-refractivity contribution in [1.82, 2.24) is 0 Å². The molecule has 114 valence electrons. The minimum absolute atomic E-state index is 0.0287. The van der Waals surface area contributed by atoms with E-state index in [0.717, 1.165) is 12.8 Å². The van der Waals surface area contributed by atoms with Gasteiger partial charge >= 0.3 is 0 Å². The molecular weight excluding hydrogens is 234 g/mol. The van der Waals surface area contributed by atoms with Crippen molar-refractivity contribution in [1.29, 1.82) is 0 Å². The van der Waals surface area contributed by atoms with E-state index in [-0.39, 0.29) is 17.2 Å². The highest BCUT2D eigenvalue weighted by atomic mass is 16.5. The summed E-state index contributed by atoms with van der Waals surface area (Å²) >= 11 is 0. The van der Waals surface area contributed by atoms with E-state index in [2.05, 4.69) is 55.4 Å². The van der Waals surface area contributed by atoms with E-state index in [9.17, 15) is 0 Å². The molecule has 0 radical (unpaired) electrons. The summed E-state index contributed by atoms with van der Waals surface area (Å²) in [6, 6.07) is 0.245. The Morgan fingerprint density at radius 1 is 1.21 bits per heavy atom. The Hall–Kier alpha value is -0.0800. The zero-order chi connectivity index (χ0) is 15.1. The molecule has 0 aromatic rings. The van der Waals surface area contributed by atoms with Crippen LogP contribution in [0.3, 0.4) is 0 Å². The molecule has 0 aromatic heterocycles. The molecule has 1 aliphatic heterocycles. The first-order chi connectivity index (χ1) is 8.32. The van der Waals surface area contributed by atoms with E-state index in [0.29, 0.717) is 17.3 Å². The molecule has 1 rings (SSSR count). The second-order valence-corrected chi connectivity index (χ2v) is 9.05. The Kier molecular flexibility index (Phi) is 4.79. The van der Waals surface area contributed by atoms with Crippen LogP contribution in [0.5, 0.6) is 0 Å². The van der Waals surface area contributed by atoms with Crippen LogP contribution in [0, 0.1) is 17.3 Å². The van der Waals surface area contributed by atoms with E-state index in [4.69, 9.17) is 10.5 Å². The van der Waals surface area contributed by atoms with Crippen molar-refractivity contribution in [2.24, 2.45) is 23.0 Å². The zero-order valence-electron chi connectivity index (χ0n) is 14.3. The molecule has 1 fully saturated rings. The normalized spacial score (nSPS) is 29.2. The Morgan fingerprint density at radius 3 is 2.11 bits per heavy atom. The summed E-state index contributed by atoms with van der Waals surface area (Å²) in [5.41, 5.74) is 6.78. The Balaban J connectivity index is 2.61. The molecule has 0 aromatic carbocycles. The molecule has 1 aliphatic rings. The maximum Gasteiger partial charge on any atom is 0.0677 e. The van der Waals surface area contributed by atoms with Gasteiger partial charge in [-0.05, 0) is 58.3 Å². The minimum atomic E-state index is -0.0929. The quantitative estimate of drug-likeness (QED) is 0.822. The highest BCUT2D eigenvalue weighted by Gasteiger charge is 2.48. The standard InChI is InChI=1S/C17H35NO/c1-12(10-15(2,3)4)9-14(18)13-11-16(5,6)19-17(13,7)8/h12-14H,9-11,18H2,1-8H3. The third-order valence-corrected chi connectivity index (χ3v) is 4.30. The zero-order valence-corrected chi connectivity index (χ0v) is 14.3. The van der Waals surface area contributed by atoms with Crippen LogP contribution >= 0.6 is 0 Å². The maximum absolute atomic E-state index is 6.52. The Labute approximate surface area is 120 Å². The van der Waals surface area contributed by atoms with Crippen LogP contribution in [-0.4, -0.2) is 17.2 Å². The van der Waals surface area contributed by atoms with Gasteiger partial charge < -0.3 is 10.5 Å². The molecule has 19 heavy (non-hydrogen) atoms. The summed E-state index contributed by atoms with van der Waals surface area (Å²) in [7, 11) is 0. The van der Waals surface area contributed by atoms with Gasteiger partial charge in [-0.15, -0.1) is 0 Å².